The van der Waals surface area contributed by atoms with Crippen LogP contribution in [-0.2, 0) is 11.3 Å². The van der Waals surface area contributed by atoms with Gasteiger partial charge in [0.2, 0.25) is 0 Å². The number of piperazine rings is 1. The van der Waals surface area contributed by atoms with Crippen molar-refractivity contribution >= 4 is 22.9 Å². The number of carbonyl (C=O) groups excluding carboxylic acids is 1. The van der Waals surface area contributed by atoms with E-state index < -0.39 is 5.60 Å². The van der Waals surface area contributed by atoms with E-state index in [1.807, 2.05) is 23.2 Å². The average Bonchev–Trinajstić information content (AvgIpc) is 3.14. The molecule has 4 rings (SSSR count). The lowest BCUT2D eigenvalue weighted by molar-refractivity contribution is -0.156. The van der Waals surface area contributed by atoms with Gasteiger partial charge >= 0.3 is 0 Å². The maximum atomic E-state index is 13.0. The number of anilines is 1. The van der Waals surface area contributed by atoms with Gasteiger partial charge in [-0.15, -0.1) is 11.3 Å². The van der Waals surface area contributed by atoms with Crippen molar-refractivity contribution in [2.45, 2.75) is 31.9 Å². The Morgan fingerprint density at radius 2 is 1.93 bits per heavy atom. The Balaban J connectivity index is 1.30. The van der Waals surface area contributed by atoms with E-state index >= 15 is 0 Å². The Morgan fingerprint density at radius 1 is 1.18 bits per heavy atom. The summed E-state index contributed by atoms with van der Waals surface area (Å²) in [5, 5.41) is 13.2. The minimum absolute atomic E-state index is 0.0923. The molecule has 2 aromatic rings. The molecule has 0 spiro atoms. The SMILES string of the molecule is Cc1ccsc1CN1CCC(O)(C(=O)N2CCN(c3cccnc3)CC2)CC1. The van der Waals surface area contributed by atoms with Crippen LogP contribution in [-0.4, -0.2) is 70.7 Å². The third-order valence-corrected chi connectivity index (χ3v) is 7.00. The molecule has 0 unspecified atom stereocenters. The highest BCUT2D eigenvalue weighted by atomic mass is 32.1. The van der Waals surface area contributed by atoms with Crippen LogP contribution in [0, 0.1) is 6.92 Å². The first-order chi connectivity index (χ1) is 13.5. The van der Waals surface area contributed by atoms with Gasteiger partial charge in [0.05, 0.1) is 11.9 Å². The van der Waals surface area contributed by atoms with Crippen molar-refractivity contribution < 1.29 is 9.90 Å². The molecule has 28 heavy (non-hydrogen) atoms. The Morgan fingerprint density at radius 3 is 2.54 bits per heavy atom. The molecule has 0 bridgehead atoms. The monoisotopic (exact) mass is 400 g/mol. The van der Waals surface area contributed by atoms with Crippen molar-refractivity contribution in [3.05, 3.63) is 46.4 Å². The van der Waals surface area contributed by atoms with Crippen molar-refractivity contribution in [2.24, 2.45) is 0 Å². The third kappa shape index (κ3) is 4.06. The summed E-state index contributed by atoms with van der Waals surface area (Å²) in [7, 11) is 0. The summed E-state index contributed by atoms with van der Waals surface area (Å²) in [4.78, 5) is 25.0. The lowest BCUT2D eigenvalue weighted by atomic mass is 9.89. The highest BCUT2D eigenvalue weighted by molar-refractivity contribution is 7.10. The van der Waals surface area contributed by atoms with Crippen LogP contribution in [0.1, 0.15) is 23.3 Å². The van der Waals surface area contributed by atoms with Crippen LogP contribution < -0.4 is 4.90 Å². The molecule has 0 aliphatic carbocycles. The number of rotatable bonds is 4. The number of aryl methyl sites for hydroxylation is 1. The summed E-state index contributed by atoms with van der Waals surface area (Å²) < 4.78 is 0. The molecule has 2 fully saturated rings. The van der Waals surface area contributed by atoms with Crippen molar-refractivity contribution in [3.63, 3.8) is 0 Å². The molecule has 1 amide bonds. The molecule has 150 valence electrons. The number of likely N-dealkylation sites (tertiary alicyclic amines) is 1. The Kier molecular flexibility index (Phi) is 5.66. The van der Waals surface area contributed by atoms with Crippen molar-refractivity contribution in [2.75, 3.05) is 44.2 Å². The van der Waals surface area contributed by atoms with Gasteiger partial charge in [-0.1, -0.05) is 0 Å². The van der Waals surface area contributed by atoms with Gasteiger partial charge in [0, 0.05) is 56.9 Å². The van der Waals surface area contributed by atoms with Crippen LogP contribution in [0.5, 0.6) is 0 Å². The van der Waals surface area contributed by atoms with Crippen LogP contribution in [0.3, 0.4) is 0 Å². The molecule has 0 radical (unpaired) electrons. The molecule has 6 nitrogen and oxygen atoms in total. The van der Waals surface area contributed by atoms with E-state index in [2.05, 4.69) is 33.2 Å². The predicted molar refractivity (Wildman–Crippen MR) is 112 cm³/mol. The molecule has 2 saturated heterocycles. The molecule has 4 heterocycles. The van der Waals surface area contributed by atoms with E-state index in [9.17, 15) is 9.90 Å². The van der Waals surface area contributed by atoms with E-state index in [4.69, 9.17) is 0 Å². The summed E-state index contributed by atoms with van der Waals surface area (Å²) >= 11 is 1.78. The van der Waals surface area contributed by atoms with Crippen molar-refractivity contribution in [1.29, 1.82) is 0 Å². The number of hydrogen-bond acceptors (Lipinski definition) is 6. The van der Waals surface area contributed by atoms with E-state index in [-0.39, 0.29) is 5.91 Å². The molecule has 0 aromatic carbocycles. The molecule has 2 aromatic heterocycles. The van der Waals surface area contributed by atoms with E-state index in [1.165, 1.54) is 10.4 Å². The summed E-state index contributed by atoms with van der Waals surface area (Å²) in [6.45, 7) is 7.42. The number of hydrogen-bond donors (Lipinski definition) is 1. The van der Waals surface area contributed by atoms with Gasteiger partial charge in [0.15, 0.2) is 0 Å². The number of aromatic nitrogens is 1. The minimum Gasteiger partial charge on any atom is -0.380 e. The standard InChI is InChI=1S/C21H28N4O2S/c1-17-4-14-28-19(17)16-23-8-5-21(27,6-9-23)20(26)25-12-10-24(11-13-25)18-3-2-7-22-15-18/h2-4,7,14-15,27H,5-6,8-13,16H2,1H3. The largest absolute Gasteiger partial charge is 0.380 e. The first kappa shape index (κ1) is 19.4. The molecule has 1 N–H and O–H groups in total. The number of piperidine rings is 1. The molecule has 0 atom stereocenters. The first-order valence-electron chi connectivity index (χ1n) is 9.97. The molecule has 7 heteroatoms. The minimum atomic E-state index is -1.21. The fourth-order valence-electron chi connectivity index (χ4n) is 4.07. The van der Waals surface area contributed by atoms with Crippen LogP contribution in [0.4, 0.5) is 5.69 Å². The van der Waals surface area contributed by atoms with Crippen LogP contribution in [0.15, 0.2) is 36.0 Å². The molecule has 2 aliphatic heterocycles. The van der Waals surface area contributed by atoms with Crippen molar-refractivity contribution in [1.82, 2.24) is 14.8 Å². The molecular weight excluding hydrogens is 372 g/mol. The van der Waals surface area contributed by atoms with Gasteiger partial charge in [-0.25, -0.2) is 0 Å². The van der Waals surface area contributed by atoms with E-state index in [0.717, 1.165) is 38.4 Å². The molecule has 2 aliphatic rings. The summed E-state index contributed by atoms with van der Waals surface area (Å²) in [5.74, 6) is -0.0923. The zero-order chi connectivity index (χ0) is 19.6. The first-order valence-corrected chi connectivity index (χ1v) is 10.9. The number of pyridine rings is 1. The van der Waals surface area contributed by atoms with Gasteiger partial charge < -0.3 is 14.9 Å². The maximum absolute atomic E-state index is 13.0. The third-order valence-electron chi connectivity index (χ3n) is 5.99. The van der Waals surface area contributed by atoms with Gasteiger partial charge in [0.25, 0.3) is 5.91 Å². The fourth-order valence-corrected chi connectivity index (χ4v) is 5.01. The second-order valence-corrected chi connectivity index (χ2v) is 8.83. The quantitative estimate of drug-likeness (QED) is 0.852. The normalized spacial score (nSPS) is 20.4. The lowest BCUT2D eigenvalue weighted by Crippen LogP contribution is -2.58. The van der Waals surface area contributed by atoms with Gasteiger partial charge in [0.1, 0.15) is 5.60 Å². The Bertz CT molecular complexity index is 794. The zero-order valence-electron chi connectivity index (χ0n) is 16.4. The fraction of sp³-hybridized carbons (Fsp3) is 0.524. The topological polar surface area (TPSA) is 59.9 Å². The van der Waals surface area contributed by atoms with Crippen LogP contribution in [0.2, 0.25) is 0 Å². The average molecular weight is 401 g/mol. The predicted octanol–water partition coefficient (Wildman–Crippen LogP) is 2.13. The number of nitrogens with zero attached hydrogens (tertiary/aromatic N) is 4. The lowest BCUT2D eigenvalue weighted by Gasteiger charge is -2.42. The van der Waals surface area contributed by atoms with Crippen molar-refractivity contribution in [3.8, 4) is 0 Å². The maximum Gasteiger partial charge on any atom is 0.254 e. The highest BCUT2D eigenvalue weighted by Gasteiger charge is 2.42. The van der Waals surface area contributed by atoms with Gasteiger partial charge in [-0.2, -0.15) is 0 Å². The summed E-state index contributed by atoms with van der Waals surface area (Å²) in [6, 6.07) is 6.12. The van der Waals surface area contributed by atoms with Crippen LogP contribution >= 0.6 is 11.3 Å². The Labute approximate surface area is 170 Å². The van der Waals surface area contributed by atoms with E-state index in [0.29, 0.717) is 25.9 Å². The second kappa shape index (κ2) is 8.19. The molecule has 0 saturated carbocycles. The summed E-state index contributed by atoms with van der Waals surface area (Å²) in [5.41, 5.74) is 1.20. The highest BCUT2D eigenvalue weighted by Crippen LogP contribution is 2.28. The number of carbonyl (C=O) groups is 1. The van der Waals surface area contributed by atoms with Gasteiger partial charge in [-0.3, -0.25) is 14.7 Å². The zero-order valence-corrected chi connectivity index (χ0v) is 17.2. The Hall–Kier alpha value is -1.96. The van der Waals surface area contributed by atoms with Gasteiger partial charge in [-0.05, 0) is 48.9 Å². The van der Waals surface area contributed by atoms with E-state index in [1.54, 1.807) is 17.5 Å². The number of amides is 1. The summed E-state index contributed by atoms with van der Waals surface area (Å²) in [6.07, 6.45) is 4.65. The molecular formula is C21H28N4O2S. The smallest absolute Gasteiger partial charge is 0.254 e. The number of thiophene rings is 1. The second-order valence-electron chi connectivity index (χ2n) is 7.82. The van der Waals surface area contributed by atoms with Crippen LogP contribution in [0.25, 0.3) is 0 Å². The number of aliphatic hydroxyl groups is 1.